The molecule has 5 aromatic rings. The average molecular weight is 446 g/mol. The minimum atomic E-state index is 0.990. The summed E-state index contributed by atoms with van der Waals surface area (Å²) in [6, 6.07) is 34.0. The molecular weight excluding hydrogens is 418 g/mol. The number of thiophene rings is 1. The van der Waals surface area contributed by atoms with Crippen LogP contribution in [0.5, 0.6) is 0 Å². The minimum Gasteiger partial charge on any atom is -0.388 e. The molecule has 0 bridgehead atoms. The SMILES string of the molecule is C=C/C=C\C(=C)c1cccc(-c2ccc3sc4ccccc4c3c2)c1.CNc1ccccc1. The largest absolute Gasteiger partial charge is 0.388 e. The Morgan fingerprint density at radius 2 is 1.48 bits per heavy atom. The molecule has 0 saturated heterocycles. The molecule has 0 radical (unpaired) electrons. The first-order valence-electron chi connectivity index (χ1n) is 10.9. The van der Waals surface area contributed by atoms with Gasteiger partial charge in [-0.25, -0.2) is 0 Å². The molecular formula is C31H27NS. The van der Waals surface area contributed by atoms with Gasteiger partial charge in [0.15, 0.2) is 0 Å². The Morgan fingerprint density at radius 3 is 2.24 bits per heavy atom. The predicted octanol–water partition coefficient (Wildman–Crippen LogP) is 9.21. The molecule has 0 aliphatic heterocycles. The monoisotopic (exact) mass is 445 g/mol. The van der Waals surface area contributed by atoms with Crippen molar-refractivity contribution in [1.29, 1.82) is 0 Å². The lowest BCUT2D eigenvalue weighted by Crippen LogP contribution is -1.84. The van der Waals surface area contributed by atoms with Crippen molar-refractivity contribution in [3.63, 3.8) is 0 Å². The van der Waals surface area contributed by atoms with Crippen LogP contribution in [0.4, 0.5) is 5.69 Å². The van der Waals surface area contributed by atoms with Crippen LogP contribution in [0.15, 0.2) is 128 Å². The lowest BCUT2D eigenvalue weighted by atomic mass is 9.98. The van der Waals surface area contributed by atoms with Crippen molar-refractivity contribution in [2.24, 2.45) is 0 Å². The molecule has 0 aliphatic carbocycles. The fourth-order valence-electron chi connectivity index (χ4n) is 3.69. The summed E-state index contributed by atoms with van der Waals surface area (Å²) in [7, 11) is 1.91. The number of hydrogen-bond donors (Lipinski definition) is 1. The normalized spacial score (nSPS) is 10.7. The van der Waals surface area contributed by atoms with Gasteiger partial charge in [0.05, 0.1) is 0 Å². The van der Waals surface area contributed by atoms with E-state index in [1.54, 1.807) is 6.08 Å². The van der Waals surface area contributed by atoms with E-state index in [-0.39, 0.29) is 0 Å². The van der Waals surface area contributed by atoms with Gasteiger partial charge in [-0.05, 0) is 58.7 Å². The maximum absolute atomic E-state index is 4.15. The Labute approximate surface area is 200 Å². The van der Waals surface area contributed by atoms with Crippen molar-refractivity contribution in [3.05, 3.63) is 134 Å². The molecule has 0 fully saturated rings. The van der Waals surface area contributed by atoms with Gasteiger partial charge >= 0.3 is 0 Å². The molecule has 0 aliphatic rings. The highest BCUT2D eigenvalue weighted by atomic mass is 32.1. The number of allylic oxidation sites excluding steroid dienone is 4. The molecule has 0 amide bonds. The van der Waals surface area contributed by atoms with E-state index < -0.39 is 0 Å². The fraction of sp³-hybridized carbons (Fsp3) is 0.0323. The maximum Gasteiger partial charge on any atom is 0.0355 e. The number of anilines is 1. The average Bonchev–Trinajstić information content (AvgIpc) is 3.26. The van der Waals surface area contributed by atoms with Gasteiger partial charge in [0, 0.05) is 32.9 Å². The number of benzene rings is 4. The molecule has 1 N–H and O–H groups in total. The molecule has 0 spiro atoms. The molecule has 33 heavy (non-hydrogen) atoms. The Hall–Kier alpha value is -3.88. The van der Waals surface area contributed by atoms with E-state index in [1.165, 1.54) is 31.3 Å². The minimum absolute atomic E-state index is 0.990. The Kier molecular flexibility index (Phi) is 7.19. The molecule has 0 saturated carbocycles. The third-order valence-corrected chi connectivity index (χ3v) is 6.59. The van der Waals surface area contributed by atoms with Crippen molar-refractivity contribution in [2.45, 2.75) is 0 Å². The van der Waals surface area contributed by atoms with Crippen LogP contribution < -0.4 is 5.32 Å². The third-order valence-electron chi connectivity index (χ3n) is 5.44. The second kappa shape index (κ2) is 10.6. The predicted molar refractivity (Wildman–Crippen MR) is 149 cm³/mol. The Bertz CT molecular complexity index is 1420. The van der Waals surface area contributed by atoms with Crippen LogP contribution in [0.3, 0.4) is 0 Å². The number of hydrogen-bond acceptors (Lipinski definition) is 2. The smallest absolute Gasteiger partial charge is 0.0355 e. The summed E-state index contributed by atoms with van der Waals surface area (Å²) in [5, 5.41) is 5.69. The van der Waals surface area contributed by atoms with E-state index >= 15 is 0 Å². The van der Waals surface area contributed by atoms with Gasteiger partial charge < -0.3 is 5.32 Å². The molecule has 0 unspecified atom stereocenters. The number of para-hydroxylation sites is 1. The summed E-state index contributed by atoms with van der Waals surface area (Å²) in [5.41, 5.74) is 5.73. The quantitative estimate of drug-likeness (QED) is 0.266. The van der Waals surface area contributed by atoms with E-state index in [4.69, 9.17) is 0 Å². The molecule has 2 heteroatoms. The summed E-state index contributed by atoms with van der Waals surface area (Å²) < 4.78 is 2.67. The number of rotatable bonds is 5. The van der Waals surface area contributed by atoms with Gasteiger partial charge in [0.25, 0.3) is 0 Å². The summed E-state index contributed by atoms with van der Waals surface area (Å²) in [6.45, 7) is 7.86. The van der Waals surface area contributed by atoms with Gasteiger partial charge in [-0.1, -0.05) is 92.0 Å². The molecule has 1 heterocycles. The van der Waals surface area contributed by atoms with Crippen molar-refractivity contribution >= 4 is 42.8 Å². The third kappa shape index (κ3) is 5.31. The molecule has 4 aromatic carbocycles. The van der Waals surface area contributed by atoms with E-state index in [2.05, 4.69) is 85.2 Å². The Balaban J connectivity index is 0.000000275. The summed E-state index contributed by atoms with van der Waals surface area (Å²) in [5.74, 6) is 0. The van der Waals surface area contributed by atoms with Crippen molar-refractivity contribution in [2.75, 3.05) is 12.4 Å². The number of nitrogens with one attached hydrogen (secondary N) is 1. The van der Waals surface area contributed by atoms with Gasteiger partial charge in [-0.2, -0.15) is 0 Å². The first kappa shape index (κ1) is 22.3. The van der Waals surface area contributed by atoms with Crippen LogP contribution in [0.1, 0.15) is 5.56 Å². The zero-order valence-electron chi connectivity index (χ0n) is 18.8. The van der Waals surface area contributed by atoms with Crippen molar-refractivity contribution < 1.29 is 0 Å². The second-order valence-electron chi connectivity index (χ2n) is 7.63. The standard InChI is InChI=1S/C24H18S.C7H9N/c1-3-4-8-17(2)18-9-7-10-19(15-18)20-13-14-24-22(16-20)21-11-5-6-12-23(21)25-24;1-8-7-5-3-2-4-6-7/h3-16H,1-2H2;2-6,8H,1H3/b8-4-;. The topological polar surface area (TPSA) is 12.0 Å². The zero-order chi connectivity index (χ0) is 23.0. The first-order chi connectivity index (χ1) is 16.2. The highest BCUT2D eigenvalue weighted by Crippen LogP contribution is 2.36. The fourth-order valence-corrected chi connectivity index (χ4v) is 4.78. The van der Waals surface area contributed by atoms with E-state index in [0.29, 0.717) is 0 Å². The van der Waals surface area contributed by atoms with Crippen molar-refractivity contribution in [3.8, 4) is 11.1 Å². The molecule has 0 atom stereocenters. The molecule has 1 aromatic heterocycles. The van der Waals surface area contributed by atoms with Gasteiger partial charge in [0.1, 0.15) is 0 Å². The van der Waals surface area contributed by atoms with Crippen LogP contribution in [-0.2, 0) is 0 Å². The summed E-state index contributed by atoms with van der Waals surface area (Å²) in [6.07, 6.45) is 5.67. The Morgan fingerprint density at radius 1 is 0.758 bits per heavy atom. The summed E-state index contributed by atoms with van der Waals surface area (Å²) in [4.78, 5) is 0. The van der Waals surface area contributed by atoms with Crippen LogP contribution in [0, 0.1) is 0 Å². The van der Waals surface area contributed by atoms with Crippen LogP contribution in [0.25, 0.3) is 36.9 Å². The lowest BCUT2D eigenvalue weighted by Gasteiger charge is -2.06. The van der Waals surface area contributed by atoms with E-state index in [9.17, 15) is 0 Å². The molecule has 162 valence electrons. The zero-order valence-corrected chi connectivity index (χ0v) is 19.6. The second-order valence-corrected chi connectivity index (χ2v) is 8.71. The molecule has 5 rings (SSSR count). The highest BCUT2D eigenvalue weighted by molar-refractivity contribution is 7.25. The van der Waals surface area contributed by atoms with Crippen LogP contribution >= 0.6 is 11.3 Å². The van der Waals surface area contributed by atoms with Gasteiger partial charge in [0.2, 0.25) is 0 Å². The highest BCUT2D eigenvalue weighted by Gasteiger charge is 2.07. The maximum atomic E-state index is 4.15. The van der Waals surface area contributed by atoms with Crippen LogP contribution in [-0.4, -0.2) is 7.05 Å². The number of fused-ring (bicyclic) bond motifs is 3. The van der Waals surface area contributed by atoms with Gasteiger partial charge in [-0.3, -0.25) is 0 Å². The summed E-state index contributed by atoms with van der Waals surface area (Å²) >= 11 is 1.85. The van der Waals surface area contributed by atoms with Crippen LogP contribution in [0.2, 0.25) is 0 Å². The van der Waals surface area contributed by atoms with E-state index in [1.807, 2.05) is 60.9 Å². The first-order valence-corrected chi connectivity index (χ1v) is 11.7. The van der Waals surface area contributed by atoms with Gasteiger partial charge in [-0.15, -0.1) is 11.3 Å². The van der Waals surface area contributed by atoms with E-state index in [0.717, 1.165) is 16.8 Å². The van der Waals surface area contributed by atoms with Crippen molar-refractivity contribution in [1.82, 2.24) is 0 Å². The lowest BCUT2D eigenvalue weighted by molar-refractivity contribution is 1.51. The molecule has 1 nitrogen and oxygen atoms in total.